The molecule has 2 aromatic heterocycles. The molecule has 0 aliphatic heterocycles. The lowest BCUT2D eigenvalue weighted by molar-refractivity contribution is -0.115. The molecule has 0 radical (unpaired) electrons. The zero-order chi connectivity index (χ0) is 24.9. The lowest BCUT2D eigenvalue weighted by Crippen LogP contribution is -2.43. The second-order valence-electron chi connectivity index (χ2n) is 9.16. The quantitative estimate of drug-likeness (QED) is 0.309. The summed E-state index contributed by atoms with van der Waals surface area (Å²) in [6, 6.07) is 12.7. The van der Waals surface area contributed by atoms with E-state index in [1.54, 1.807) is 11.7 Å². The number of aliphatic hydroxyl groups excluding tert-OH is 2. The number of aromatic nitrogens is 3. The van der Waals surface area contributed by atoms with Gasteiger partial charge >= 0.3 is 0 Å². The fraction of sp³-hybridized carbons (Fsp3) is 0.400. The van der Waals surface area contributed by atoms with Gasteiger partial charge in [0.15, 0.2) is 0 Å². The van der Waals surface area contributed by atoms with Crippen LogP contribution in [0.4, 0.5) is 5.82 Å². The average Bonchev–Trinajstić information content (AvgIpc) is 3.08. The molecule has 0 aliphatic rings. The number of nitrogens with zero attached hydrogens (tertiary/aromatic N) is 3. The fourth-order valence-electron chi connectivity index (χ4n) is 3.81. The lowest BCUT2D eigenvalue weighted by Gasteiger charge is -2.28. The van der Waals surface area contributed by atoms with E-state index in [1.807, 2.05) is 51.1 Å². The van der Waals surface area contributed by atoms with Crippen molar-refractivity contribution < 1.29 is 20.1 Å². The molecule has 2 heterocycles. The van der Waals surface area contributed by atoms with E-state index in [0.29, 0.717) is 17.9 Å². The lowest BCUT2D eigenvalue weighted by atomic mass is 9.93. The first-order chi connectivity index (χ1) is 16.1. The van der Waals surface area contributed by atoms with Crippen LogP contribution in [0.15, 0.2) is 42.5 Å². The molecule has 3 aromatic rings. The Morgan fingerprint density at radius 3 is 2.59 bits per heavy atom. The number of aliphatic hydroxyl groups is 2. The van der Waals surface area contributed by atoms with Crippen LogP contribution in [0, 0.1) is 6.92 Å². The molecule has 0 spiro atoms. The number of aryl methyl sites for hydroxylation is 2. The van der Waals surface area contributed by atoms with Gasteiger partial charge in [0.05, 0.1) is 24.4 Å². The minimum absolute atomic E-state index is 0.101. The van der Waals surface area contributed by atoms with Crippen LogP contribution in [0.5, 0.6) is 5.75 Å². The second-order valence-corrected chi connectivity index (χ2v) is 9.16. The molecule has 0 saturated carbocycles. The standard InChI is InChI=1S/C25H33N5O4/c1-16-10-23(30(4)29-16)28-24(34)12-17-6-5-7-18(11-17)13-25(2,3)26-14-22(33)19-8-9-21(32)20(15-31)27-19/h5-11,22,26,31-33H,12-15H2,1-4H3,(H,28,34). The zero-order valence-corrected chi connectivity index (χ0v) is 20.0. The molecular formula is C25H33N5O4. The van der Waals surface area contributed by atoms with Crippen molar-refractivity contribution in [1.82, 2.24) is 20.1 Å². The Morgan fingerprint density at radius 2 is 1.91 bits per heavy atom. The number of β-amino-alcohol motifs (C(OH)–C–C–N with tert-alkyl or cyclic N) is 1. The Bertz CT molecular complexity index is 1140. The molecule has 9 nitrogen and oxygen atoms in total. The Morgan fingerprint density at radius 1 is 1.18 bits per heavy atom. The van der Waals surface area contributed by atoms with Gasteiger partial charge in [-0.3, -0.25) is 9.48 Å². The Labute approximate surface area is 199 Å². The number of pyridine rings is 1. The number of amides is 1. The molecule has 1 aromatic carbocycles. The van der Waals surface area contributed by atoms with Gasteiger partial charge in [0, 0.05) is 25.2 Å². The highest BCUT2D eigenvalue weighted by molar-refractivity contribution is 5.91. The molecule has 0 aliphatic carbocycles. The van der Waals surface area contributed by atoms with Crippen molar-refractivity contribution in [2.75, 3.05) is 11.9 Å². The van der Waals surface area contributed by atoms with Gasteiger partial charge in [0.25, 0.3) is 0 Å². The second kappa shape index (κ2) is 10.8. The van der Waals surface area contributed by atoms with Crippen molar-refractivity contribution >= 4 is 11.7 Å². The van der Waals surface area contributed by atoms with Crippen molar-refractivity contribution in [2.45, 2.75) is 51.9 Å². The number of carbonyl (C=O) groups excluding carboxylic acids is 1. The van der Waals surface area contributed by atoms with E-state index in [2.05, 4.69) is 20.7 Å². The van der Waals surface area contributed by atoms with Crippen LogP contribution in [0.25, 0.3) is 0 Å². The summed E-state index contributed by atoms with van der Waals surface area (Å²) in [6.45, 7) is 5.80. The molecule has 1 amide bonds. The normalized spacial score (nSPS) is 12.5. The molecule has 9 heteroatoms. The fourth-order valence-corrected chi connectivity index (χ4v) is 3.81. The first-order valence-corrected chi connectivity index (χ1v) is 11.2. The van der Waals surface area contributed by atoms with Crippen molar-refractivity contribution in [3.63, 3.8) is 0 Å². The highest BCUT2D eigenvalue weighted by Crippen LogP contribution is 2.20. The largest absolute Gasteiger partial charge is 0.506 e. The van der Waals surface area contributed by atoms with Crippen LogP contribution in [0.1, 0.15) is 48.2 Å². The maximum Gasteiger partial charge on any atom is 0.229 e. The highest BCUT2D eigenvalue weighted by Gasteiger charge is 2.21. The average molecular weight is 468 g/mol. The summed E-state index contributed by atoms with van der Waals surface area (Å²) in [5.74, 6) is 0.455. The summed E-state index contributed by atoms with van der Waals surface area (Å²) in [7, 11) is 1.79. The third kappa shape index (κ3) is 6.86. The Hall–Kier alpha value is -3.27. The maximum atomic E-state index is 12.5. The van der Waals surface area contributed by atoms with E-state index >= 15 is 0 Å². The predicted molar refractivity (Wildman–Crippen MR) is 129 cm³/mol. The summed E-state index contributed by atoms with van der Waals surface area (Å²) in [5, 5.41) is 39.9. The van der Waals surface area contributed by atoms with Crippen LogP contribution in [-0.2, 0) is 31.3 Å². The topological polar surface area (TPSA) is 133 Å². The Kier molecular flexibility index (Phi) is 8.03. The summed E-state index contributed by atoms with van der Waals surface area (Å²) < 4.78 is 1.64. The van der Waals surface area contributed by atoms with Crippen LogP contribution < -0.4 is 10.6 Å². The maximum absolute atomic E-state index is 12.5. The number of hydrogen-bond acceptors (Lipinski definition) is 7. The van der Waals surface area contributed by atoms with E-state index in [0.717, 1.165) is 16.8 Å². The summed E-state index contributed by atoms with van der Waals surface area (Å²) >= 11 is 0. The van der Waals surface area contributed by atoms with Crippen molar-refractivity contribution in [2.24, 2.45) is 7.05 Å². The van der Waals surface area contributed by atoms with Crippen LogP contribution in [-0.4, -0.2) is 48.1 Å². The van der Waals surface area contributed by atoms with Crippen LogP contribution in [0.2, 0.25) is 0 Å². The van der Waals surface area contributed by atoms with Gasteiger partial charge in [-0.15, -0.1) is 0 Å². The van der Waals surface area contributed by atoms with E-state index in [-0.39, 0.29) is 35.9 Å². The predicted octanol–water partition coefficient (Wildman–Crippen LogP) is 2.15. The number of benzene rings is 1. The third-order valence-corrected chi connectivity index (χ3v) is 5.51. The zero-order valence-electron chi connectivity index (χ0n) is 20.0. The summed E-state index contributed by atoms with van der Waals surface area (Å²) in [6.07, 6.45) is 0.0431. The van der Waals surface area contributed by atoms with Crippen molar-refractivity contribution in [1.29, 1.82) is 0 Å². The molecular weight excluding hydrogens is 434 g/mol. The SMILES string of the molecule is Cc1cc(NC(=O)Cc2cccc(CC(C)(C)NCC(O)c3ccc(O)c(CO)n3)c2)n(C)n1. The minimum atomic E-state index is -0.893. The van der Waals surface area contributed by atoms with E-state index in [9.17, 15) is 20.1 Å². The first-order valence-electron chi connectivity index (χ1n) is 11.2. The van der Waals surface area contributed by atoms with Crippen molar-refractivity contribution in [3.05, 3.63) is 70.7 Å². The first kappa shape index (κ1) is 25.4. The number of aromatic hydroxyl groups is 1. The van der Waals surface area contributed by atoms with Crippen LogP contribution >= 0.6 is 0 Å². The highest BCUT2D eigenvalue weighted by atomic mass is 16.3. The number of rotatable bonds is 10. The van der Waals surface area contributed by atoms with Gasteiger partial charge < -0.3 is 26.0 Å². The molecule has 1 unspecified atom stereocenters. The van der Waals surface area contributed by atoms with E-state index in [4.69, 9.17) is 0 Å². The number of anilines is 1. The van der Waals surface area contributed by atoms with Crippen LogP contribution in [0.3, 0.4) is 0 Å². The van der Waals surface area contributed by atoms with Gasteiger partial charge in [0.2, 0.25) is 5.91 Å². The summed E-state index contributed by atoms with van der Waals surface area (Å²) in [4.78, 5) is 16.6. The van der Waals surface area contributed by atoms with E-state index < -0.39 is 12.7 Å². The molecule has 0 fully saturated rings. The molecule has 3 rings (SSSR count). The van der Waals surface area contributed by atoms with Crippen molar-refractivity contribution in [3.8, 4) is 5.75 Å². The van der Waals surface area contributed by atoms with Gasteiger partial charge in [-0.25, -0.2) is 4.98 Å². The van der Waals surface area contributed by atoms with E-state index in [1.165, 1.54) is 12.1 Å². The molecule has 182 valence electrons. The number of carbonyl (C=O) groups is 1. The number of hydrogen-bond donors (Lipinski definition) is 5. The molecule has 0 saturated heterocycles. The minimum Gasteiger partial charge on any atom is -0.506 e. The smallest absolute Gasteiger partial charge is 0.229 e. The third-order valence-electron chi connectivity index (χ3n) is 5.51. The van der Waals surface area contributed by atoms with Gasteiger partial charge in [-0.1, -0.05) is 24.3 Å². The molecule has 0 bridgehead atoms. The van der Waals surface area contributed by atoms with Gasteiger partial charge in [0.1, 0.15) is 23.4 Å². The monoisotopic (exact) mass is 467 g/mol. The Balaban J connectivity index is 1.57. The number of nitrogens with one attached hydrogen (secondary N) is 2. The summed E-state index contributed by atoms with van der Waals surface area (Å²) in [5.41, 5.74) is 2.99. The van der Waals surface area contributed by atoms with Gasteiger partial charge in [-0.05, 0) is 50.5 Å². The van der Waals surface area contributed by atoms with Gasteiger partial charge in [-0.2, -0.15) is 5.10 Å². The molecule has 34 heavy (non-hydrogen) atoms. The molecule has 5 N–H and O–H groups in total. The molecule has 1 atom stereocenters.